The van der Waals surface area contributed by atoms with Crippen LogP contribution >= 0.6 is 11.8 Å². The molecule has 0 unspecified atom stereocenters. The molecule has 1 atom stereocenters. The maximum Gasteiger partial charge on any atom is 0.241 e. The number of rotatable bonds is 7. The minimum Gasteiger partial charge on any atom is -0.352 e. The minimum absolute atomic E-state index is 0.00141. The summed E-state index contributed by atoms with van der Waals surface area (Å²) in [5.41, 5.74) is 1.96. The van der Waals surface area contributed by atoms with Crippen molar-refractivity contribution in [3.05, 3.63) is 60.2 Å². The number of para-hydroxylation sites is 1. The van der Waals surface area contributed by atoms with Crippen LogP contribution in [0.4, 0.5) is 5.69 Å². The molecule has 2 amide bonds. The Balaban J connectivity index is 1.46. The van der Waals surface area contributed by atoms with E-state index in [1.165, 1.54) is 0 Å². The van der Waals surface area contributed by atoms with Crippen LogP contribution < -0.4 is 10.6 Å². The third-order valence-electron chi connectivity index (χ3n) is 5.50. The molecule has 0 aliphatic carbocycles. The van der Waals surface area contributed by atoms with Crippen LogP contribution in [0.1, 0.15) is 25.3 Å². The van der Waals surface area contributed by atoms with Gasteiger partial charge in [-0.1, -0.05) is 42.5 Å². The molecular weight excluding hydrogens is 382 g/mol. The maximum atomic E-state index is 12.7. The summed E-state index contributed by atoms with van der Waals surface area (Å²) in [4.78, 5) is 28.4. The summed E-state index contributed by atoms with van der Waals surface area (Å²) in [7, 11) is 0. The molecule has 3 rings (SSSR count). The molecule has 1 aliphatic heterocycles. The van der Waals surface area contributed by atoms with Gasteiger partial charge in [-0.3, -0.25) is 14.5 Å². The molecule has 0 saturated carbocycles. The van der Waals surface area contributed by atoms with Gasteiger partial charge < -0.3 is 10.6 Å². The summed E-state index contributed by atoms with van der Waals surface area (Å²) < 4.78 is 0. The van der Waals surface area contributed by atoms with Gasteiger partial charge in [-0.15, -0.1) is 11.8 Å². The summed E-state index contributed by atoms with van der Waals surface area (Å²) in [5, 5.41) is 6.09. The van der Waals surface area contributed by atoms with Crippen molar-refractivity contribution in [2.45, 2.75) is 37.2 Å². The van der Waals surface area contributed by atoms with Crippen molar-refractivity contribution in [2.75, 3.05) is 24.7 Å². The Labute approximate surface area is 177 Å². The highest BCUT2D eigenvalue weighted by Gasteiger charge is 2.29. The van der Waals surface area contributed by atoms with Crippen LogP contribution in [0.3, 0.4) is 0 Å². The SMILES string of the molecule is CSc1ccccc1NC(=O)[C@@H](C)N1CCC(C(=O)NCc2ccccc2)CC1. The van der Waals surface area contributed by atoms with Crippen LogP contribution in [0.2, 0.25) is 0 Å². The number of amides is 2. The molecule has 1 saturated heterocycles. The van der Waals surface area contributed by atoms with Crippen LogP contribution in [0, 0.1) is 5.92 Å². The van der Waals surface area contributed by atoms with E-state index in [1.54, 1.807) is 11.8 Å². The number of thioether (sulfide) groups is 1. The lowest BCUT2D eigenvalue weighted by Gasteiger charge is -2.34. The van der Waals surface area contributed by atoms with Crippen molar-refractivity contribution in [2.24, 2.45) is 5.92 Å². The van der Waals surface area contributed by atoms with Gasteiger partial charge >= 0.3 is 0 Å². The number of nitrogens with zero attached hydrogens (tertiary/aromatic N) is 1. The first-order valence-electron chi connectivity index (χ1n) is 10.1. The zero-order valence-corrected chi connectivity index (χ0v) is 17.9. The highest BCUT2D eigenvalue weighted by atomic mass is 32.2. The fourth-order valence-corrected chi connectivity index (χ4v) is 4.18. The number of benzene rings is 2. The molecule has 154 valence electrons. The van der Waals surface area contributed by atoms with Crippen LogP contribution in [0.15, 0.2) is 59.5 Å². The summed E-state index contributed by atoms with van der Waals surface area (Å²) in [6, 6.07) is 17.6. The second kappa shape index (κ2) is 10.5. The molecule has 0 bridgehead atoms. The Hall–Kier alpha value is -2.31. The number of hydrogen-bond donors (Lipinski definition) is 2. The molecule has 2 aromatic carbocycles. The molecular formula is C23H29N3O2S. The highest BCUT2D eigenvalue weighted by molar-refractivity contribution is 7.98. The Kier molecular flexibility index (Phi) is 7.72. The van der Waals surface area contributed by atoms with E-state index in [2.05, 4.69) is 15.5 Å². The van der Waals surface area contributed by atoms with Gasteiger partial charge in [0.05, 0.1) is 11.7 Å². The van der Waals surface area contributed by atoms with Crippen molar-refractivity contribution in [3.63, 3.8) is 0 Å². The van der Waals surface area contributed by atoms with E-state index in [1.807, 2.05) is 67.8 Å². The first-order chi connectivity index (χ1) is 14.1. The number of carbonyl (C=O) groups is 2. The Morgan fingerprint density at radius 3 is 2.41 bits per heavy atom. The molecule has 0 aromatic heterocycles. The van der Waals surface area contributed by atoms with Crippen LogP contribution in [0.5, 0.6) is 0 Å². The number of hydrogen-bond acceptors (Lipinski definition) is 4. The van der Waals surface area contributed by atoms with Crippen molar-refractivity contribution < 1.29 is 9.59 Å². The molecule has 1 heterocycles. The van der Waals surface area contributed by atoms with Gasteiger partial charge in [0.1, 0.15) is 0 Å². The van der Waals surface area contributed by atoms with Crippen LogP contribution in [-0.2, 0) is 16.1 Å². The fourth-order valence-electron chi connectivity index (χ4n) is 3.63. The molecule has 2 N–H and O–H groups in total. The van der Waals surface area contributed by atoms with Gasteiger partial charge in [-0.2, -0.15) is 0 Å². The number of piperidine rings is 1. The van der Waals surface area contributed by atoms with Crippen molar-refractivity contribution >= 4 is 29.3 Å². The monoisotopic (exact) mass is 411 g/mol. The van der Waals surface area contributed by atoms with Gasteiger partial charge in [0, 0.05) is 17.4 Å². The fraction of sp³-hybridized carbons (Fsp3) is 0.391. The standard InChI is InChI=1S/C23H29N3O2S/c1-17(22(27)25-20-10-6-7-11-21(20)29-2)26-14-12-19(13-15-26)23(28)24-16-18-8-4-3-5-9-18/h3-11,17,19H,12-16H2,1-2H3,(H,24,28)(H,25,27)/t17-/m1/s1. The number of likely N-dealkylation sites (tertiary alicyclic amines) is 1. The zero-order valence-electron chi connectivity index (χ0n) is 17.1. The first-order valence-corrected chi connectivity index (χ1v) is 11.3. The van der Waals surface area contributed by atoms with Crippen LogP contribution in [0.25, 0.3) is 0 Å². The Bertz CT molecular complexity index is 820. The molecule has 0 spiro atoms. The van der Waals surface area contributed by atoms with Crippen LogP contribution in [-0.4, -0.2) is 42.1 Å². The molecule has 5 nitrogen and oxygen atoms in total. The topological polar surface area (TPSA) is 61.4 Å². The van der Waals surface area contributed by atoms with Crippen molar-refractivity contribution in [3.8, 4) is 0 Å². The van der Waals surface area contributed by atoms with Gasteiger partial charge in [-0.25, -0.2) is 0 Å². The maximum absolute atomic E-state index is 12.7. The van der Waals surface area contributed by atoms with Crippen molar-refractivity contribution in [1.29, 1.82) is 0 Å². The molecule has 6 heteroatoms. The molecule has 0 radical (unpaired) electrons. The van der Waals surface area contributed by atoms with Gasteiger partial charge in [0.15, 0.2) is 0 Å². The predicted molar refractivity (Wildman–Crippen MR) is 119 cm³/mol. The largest absolute Gasteiger partial charge is 0.352 e. The lowest BCUT2D eigenvalue weighted by molar-refractivity contribution is -0.127. The molecule has 1 fully saturated rings. The normalized spacial score (nSPS) is 16.2. The summed E-state index contributed by atoms with van der Waals surface area (Å²) >= 11 is 1.62. The van der Waals surface area contributed by atoms with E-state index in [0.717, 1.165) is 42.1 Å². The minimum atomic E-state index is -0.224. The first kappa shape index (κ1) is 21.4. The Morgan fingerprint density at radius 1 is 1.07 bits per heavy atom. The van der Waals surface area contributed by atoms with Gasteiger partial charge in [-0.05, 0) is 56.8 Å². The van der Waals surface area contributed by atoms with Gasteiger partial charge in [0.25, 0.3) is 0 Å². The van der Waals surface area contributed by atoms with E-state index in [4.69, 9.17) is 0 Å². The second-order valence-corrected chi connectivity index (χ2v) is 8.23. The quantitative estimate of drug-likeness (QED) is 0.681. The van der Waals surface area contributed by atoms with E-state index < -0.39 is 0 Å². The highest BCUT2D eigenvalue weighted by Crippen LogP contribution is 2.25. The summed E-state index contributed by atoms with van der Waals surface area (Å²) in [5.74, 6) is 0.125. The number of carbonyl (C=O) groups excluding carboxylic acids is 2. The van der Waals surface area contributed by atoms with E-state index in [-0.39, 0.29) is 23.8 Å². The average molecular weight is 412 g/mol. The third-order valence-corrected chi connectivity index (χ3v) is 6.30. The zero-order chi connectivity index (χ0) is 20.6. The smallest absolute Gasteiger partial charge is 0.241 e. The molecule has 2 aromatic rings. The second-order valence-electron chi connectivity index (χ2n) is 7.38. The van der Waals surface area contributed by atoms with E-state index in [9.17, 15) is 9.59 Å². The van der Waals surface area contributed by atoms with E-state index >= 15 is 0 Å². The number of anilines is 1. The summed E-state index contributed by atoms with van der Waals surface area (Å²) in [6.07, 6.45) is 3.56. The predicted octanol–water partition coefficient (Wildman–Crippen LogP) is 3.76. The molecule has 1 aliphatic rings. The third kappa shape index (κ3) is 5.84. The number of nitrogens with one attached hydrogen (secondary N) is 2. The Morgan fingerprint density at radius 2 is 1.72 bits per heavy atom. The van der Waals surface area contributed by atoms with Crippen molar-refractivity contribution in [1.82, 2.24) is 10.2 Å². The van der Waals surface area contributed by atoms with E-state index in [0.29, 0.717) is 6.54 Å². The lowest BCUT2D eigenvalue weighted by Crippen LogP contribution is -2.48. The molecule has 29 heavy (non-hydrogen) atoms. The van der Waals surface area contributed by atoms with Gasteiger partial charge in [0.2, 0.25) is 11.8 Å². The lowest BCUT2D eigenvalue weighted by atomic mass is 9.94. The average Bonchev–Trinajstić information content (AvgIpc) is 2.78. The summed E-state index contributed by atoms with van der Waals surface area (Å²) in [6.45, 7) is 4.00.